The minimum absolute atomic E-state index is 0.160. The summed E-state index contributed by atoms with van der Waals surface area (Å²) in [6, 6.07) is 6.56. The second-order valence-electron chi connectivity index (χ2n) is 7.90. The van der Waals surface area contributed by atoms with Gasteiger partial charge in [0, 0.05) is 25.8 Å². The molecule has 0 spiro atoms. The first-order valence-corrected chi connectivity index (χ1v) is 10.9. The van der Waals surface area contributed by atoms with E-state index >= 15 is 0 Å². The number of imidazole rings is 1. The molecule has 0 saturated heterocycles. The number of aryl methyl sites for hydroxylation is 1. The first-order valence-electron chi connectivity index (χ1n) is 9.73. The molecule has 0 aliphatic carbocycles. The Morgan fingerprint density at radius 2 is 2.15 bits per heavy atom. The number of benzene rings is 1. The van der Waals surface area contributed by atoms with Crippen LogP contribution in [0.4, 0.5) is 0 Å². The standard InChI is InChI=1S/C21H34N4OS/c1-21(2,3)16-8-9-18-19(13-16)25-20(24-18)7-5-6-12-27-14-17(26-4)10-11-23-15-22/h8-9,13,15,17H,5-7,10-12,14H2,1-4H3,(H2,22,23)(H,24,25). The first kappa shape index (κ1) is 21.8. The number of hydrogen-bond acceptors (Lipinski definition) is 4. The summed E-state index contributed by atoms with van der Waals surface area (Å²) < 4.78 is 5.49. The lowest BCUT2D eigenvalue weighted by molar-refractivity contribution is 0.117. The van der Waals surface area contributed by atoms with Gasteiger partial charge in [0.15, 0.2) is 0 Å². The van der Waals surface area contributed by atoms with E-state index in [2.05, 4.69) is 48.9 Å². The number of H-pyrrole nitrogens is 1. The van der Waals surface area contributed by atoms with Gasteiger partial charge in [0.2, 0.25) is 0 Å². The lowest BCUT2D eigenvalue weighted by Gasteiger charge is -2.18. The summed E-state index contributed by atoms with van der Waals surface area (Å²) in [5.74, 6) is 3.25. The molecule has 2 rings (SSSR count). The molecule has 5 nitrogen and oxygen atoms in total. The lowest BCUT2D eigenvalue weighted by atomic mass is 9.87. The Hall–Kier alpha value is -1.53. The molecule has 0 aliphatic heterocycles. The molecule has 150 valence electrons. The number of aliphatic imine (C=N–C) groups is 1. The van der Waals surface area contributed by atoms with E-state index in [-0.39, 0.29) is 11.5 Å². The highest BCUT2D eigenvalue weighted by atomic mass is 32.2. The second-order valence-corrected chi connectivity index (χ2v) is 9.05. The molecule has 6 heteroatoms. The van der Waals surface area contributed by atoms with Crippen molar-refractivity contribution in [1.82, 2.24) is 9.97 Å². The molecule has 1 aromatic heterocycles. The van der Waals surface area contributed by atoms with Gasteiger partial charge in [-0.1, -0.05) is 26.8 Å². The molecule has 3 N–H and O–H groups in total. The third kappa shape index (κ3) is 7.18. The fourth-order valence-electron chi connectivity index (χ4n) is 2.92. The zero-order chi connectivity index (χ0) is 19.7. The van der Waals surface area contributed by atoms with E-state index in [9.17, 15) is 0 Å². The van der Waals surface area contributed by atoms with Crippen molar-refractivity contribution in [3.8, 4) is 0 Å². The van der Waals surface area contributed by atoms with Crippen molar-refractivity contribution >= 4 is 29.1 Å². The maximum atomic E-state index is 5.49. The highest BCUT2D eigenvalue weighted by Crippen LogP contribution is 2.25. The molecule has 0 saturated carbocycles. The van der Waals surface area contributed by atoms with Crippen LogP contribution in [-0.2, 0) is 16.6 Å². The minimum atomic E-state index is 0.160. The monoisotopic (exact) mass is 390 g/mol. The fraction of sp³-hybridized carbons (Fsp3) is 0.619. The number of hydrogen-bond donors (Lipinski definition) is 2. The van der Waals surface area contributed by atoms with Crippen molar-refractivity contribution in [3.05, 3.63) is 29.6 Å². The zero-order valence-corrected chi connectivity index (χ0v) is 17.9. The molecule has 2 aromatic rings. The summed E-state index contributed by atoms with van der Waals surface area (Å²) in [4.78, 5) is 12.3. The molecule has 0 bridgehead atoms. The normalized spacial score (nSPS) is 13.6. The van der Waals surface area contributed by atoms with E-state index in [4.69, 9.17) is 15.5 Å². The summed E-state index contributed by atoms with van der Waals surface area (Å²) >= 11 is 1.95. The lowest BCUT2D eigenvalue weighted by Crippen LogP contribution is -2.15. The van der Waals surface area contributed by atoms with Gasteiger partial charge in [-0.25, -0.2) is 4.98 Å². The summed E-state index contributed by atoms with van der Waals surface area (Å²) in [5.41, 5.74) is 8.98. The topological polar surface area (TPSA) is 76.3 Å². The highest BCUT2D eigenvalue weighted by Gasteiger charge is 2.14. The van der Waals surface area contributed by atoms with Crippen LogP contribution in [0.25, 0.3) is 11.0 Å². The van der Waals surface area contributed by atoms with Crippen molar-refractivity contribution in [3.63, 3.8) is 0 Å². The molecule has 27 heavy (non-hydrogen) atoms. The van der Waals surface area contributed by atoms with Crippen LogP contribution >= 0.6 is 11.8 Å². The molecule has 0 amide bonds. The number of methoxy groups -OCH3 is 1. The number of fused-ring (bicyclic) bond motifs is 1. The number of rotatable bonds is 11. The van der Waals surface area contributed by atoms with Crippen LogP contribution in [0, 0.1) is 0 Å². The molecule has 0 fully saturated rings. The maximum Gasteiger partial charge on any atom is 0.107 e. The summed E-state index contributed by atoms with van der Waals surface area (Å²) in [7, 11) is 1.77. The number of nitrogens with one attached hydrogen (secondary N) is 1. The third-order valence-corrected chi connectivity index (χ3v) is 5.86. The van der Waals surface area contributed by atoms with Crippen molar-refractivity contribution in [2.45, 2.75) is 58.0 Å². The number of nitrogens with zero attached hydrogens (tertiary/aromatic N) is 2. The fourth-order valence-corrected chi connectivity index (χ4v) is 4.06. The van der Waals surface area contributed by atoms with E-state index in [1.165, 1.54) is 18.3 Å². The van der Waals surface area contributed by atoms with Crippen molar-refractivity contribution in [1.29, 1.82) is 0 Å². The molecule has 0 radical (unpaired) electrons. The molecule has 1 heterocycles. The van der Waals surface area contributed by atoms with Crippen molar-refractivity contribution in [2.24, 2.45) is 10.7 Å². The Morgan fingerprint density at radius 1 is 1.33 bits per heavy atom. The Morgan fingerprint density at radius 3 is 2.85 bits per heavy atom. The predicted octanol–water partition coefficient (Wildman–Crippen LogP) is 4.31. The van der Waals surface area contributed by atoms with Gasteiger partial charge >= 0.3 is 0 Å². The van der Waals surface area contributed by atoms with Gasteiger partial charge in [0.05, 0.1) is 23.5 Å². The SMILES string of the molecule is COC(CCN=CN)CSCCCCc1nc2ccc(C(C)(C)C)cc2[nH]1. The first-order chi connectivity index (χ1) is 12.9. The third-order valence-electron chi connectivity index (χ3n) is 4.67. The minimum Gasteiger partial charge on any atom is -0.390 e. The van der Waals surface area contributed by atoms with Crippen LogP contribution < -0.4 is 5.73 Å². The summed E-state index contributed by atoms with van der Waals surface area (Å²) in [5, 5.41) is 0. The van der Waals surface area contributed by atoms with Gasteiger partial charge in [-0.2, -0.15) is 11.8 Å². The second kappa shape index (κ2) is 10.7. The van der Waals surface area contributed by atoms with Crippen LogP contribution in [0.3, 0.4) is 0 Å². The van der Waals surface area contributed by atoms with Gasteiger partial charge in [0.1, 0.15) is 5.82 Å². The van der Waals surface area contributed by atoms with Gasteiger partial charge < -0.3 is 15.5 Å². The van der Waals surface area contributed by atoms with Crippen LogP contribution in [0.2, 0.25) is 0 Å². The van der Waals surface area contributed by atoms with Gasteiger partial charge in [0.25, 0.3) is 0 Å². The quantitative estimate of drug-likeness (QED) is 0.340. The van der Waals surface area contributed by atoms with Gasteiger partial charge in [-0.05, 0) is 48.1 Å². The number of nitrogens with two attached hydrogens (primary N) is 1. The average Bonchev–Trinajstić information content (AvgIpc) is 3.04. The largest absolute Gasteiger partial charge is 0.390 e. The maximum absolute atomic E-state index is 5.49. The van der Waals surface area contributed by atoms with E-state index in [1.54, 1.807) is 7.11 Å². The van der Waals surface area contributed by atoms with Crippen LogP contribution in [-0.4, -0.2) is 47.6 Å². The van der Waals surface area contributed by atoms with E-state index in [0.717, 1.165) is 54.2 Å². The molecule has 1 atom stereocenters. The Kier molecular flexibility index (Phi) is 8.64. The van der Waals surface area contributed by atoms with E-state index in [0.29, 0.717) is 0 Å². The van der Waals surface area contributed by atoms with Crippen molar-refractivity contribution < 1.29 is 4.74 Å². The average molecular weight is 391 g/mol. The Labute approximate surface area is 167 Å². The predicted molar refractivity (Wildman–Crippen MR) is 118 cm³/mol. The molecule has 0 aliphatic rings. The number of ether oxygens (including phenoxy) is 1. The smallest absolute Gasteiger partial charge is 0.107 e. The number of aromatic amines is 1. The molecule has 1 unspecified atom stereocenters. The van der Waals surface area contributed by atoms with Crippen LogP contribution in [0.15, 0.2) is 23.2 Å². The number of thioether (sulfide) groups is 1. The molecule has 1 aromatic carbocycles. The number of unbranched alkanes of at least 4 members (excludes halogenated alkanes) is 1. The van der Waals surface area contributed by atoms with Gasteiger partial charge in [-0.3, -0.25) is 4.99 Å². The summed E-state index contributed by atoms with van der Waals surface area (Å²) in [6.45, 7) is 7.45. The van der Waals surface area contributed by atoms with Crippen molar-refractivity contribution in [2.75, 3.05) is 25.2 Å². The van der Waals surface area contributed by atoms with E-state index in [1.807, 2.05) is 11.8 Å². The van der Waals surface area contributed by atoms with E-state index < -0.39 is 0 Å². The summed E-state index contributed by atoms with van der Waals surface area (Å²) in [6.07, 6.45) is 5.87. The van der Waals surface area contributed by atoms with Crippen LogP contribution in [0.5, 0.6) is 0 Å². The number of aromatic nitrogens is 2. The molecular formula is C21H34N4OS. The van der Waals surface area contributed by atoms with Crippen LogP contribution in [0.1, 0.15) is 51.4 Å². The molecular weight excluding hydrogens is 356 g/mol. The Balaban J connectivity index is 1.71. The highest BCUT2D eigenvalue weighted by molar-refractivity contribution is 7.99. The Bertz CT molecular complexity index is 721. The van der Waals surface area contributed by atoms with Gasteiger partial charge in [-0.15, -0.1) is 0 Å². The zero-order valence-electron chi connectivity index (χ0n) is 17.1.